The van der Waals surface area contributed by atoms with Gasteiger partial charge in [0.25, 0.3) is 5.56 Å². The average molecular weight is 324 g/mol. The van der Waals surface area contributed by atoms with Crippen molar-refractivity contribution < 1.29 is 9.47 Å². The molecule has 1 heterocycles. The van der Waals surface area contributed by atoms with Gasteiger partial charge in [0.2, 0.25) is 0 Å². The first kappa shape index (κ1) is 16.2. The lowest BCUT2D eigenvalue weighted by molar-refractivity contribution is 0.230. The predicted molar refractivity (Wildman–Crippen MR) is 86.5 cm³/mol. The minimum Gasteiger partial charge on any atom is -0.493 e. The molecule has 0 spiro atoms. The van der Waals surface area contributed by atoms with Gasteiger partial charge in [-0.25, -0.2) is 4.68 Å². The Morgan fingerprint density at radius 2 is 2.05 bits per heavy atom. The summed E-state index contributed by atoms with van der Waals surface area (Å²) in [5.41, 5.74) is 0.785. The van der Waals surface area contributed by atoms with E-state index in [0.29, 0.717) is 22.9 Å². The van der Waals surface area contributed by atoms with Gasteiger partial charge in [0, 0.05) is 18.8 Å². The summed E-state index contributed by atoms with van der Waals surface area (Å²) in [4.78, 5) is 11.8. The Hall–Kier alpha value is -2.21. The summed E-state index contributed by atoms with van der Waals surface area (Å²) in [5, 5.41) is 7.07. The molecule has 0 atom stereocenters. The number of hydrogen-bond acceptors (Lipinski definition) is 5. The number of anilines is 2. The van der Waals surface area contributed by atoms with E-state index in [2.05, 4.69) is 10.4 Å². The Bertz CT molecular complexity index is 728. The zero-order chi connectivity index (χ0) is 16.3. The van der Waals surface area contributed by atoms with Crippen LogP contribution in [0.25, 0.3) is 0 Å². The van der Waals surface area contributed by atoms with Crippen LogP contribution in [-0.2, 0) is 7.05 Å². The molecule has 0 fully saturated rings. The number of aromatic nitrogens is 2. The number of methoxy groups -OCH3 is 1. The summed E-state index contributed by atoms with van der Waals surface area (Å²) in [7, 11) is 3.11. The molecular weight excluding hydrogens is 306 g/mol. The van der Waals surface area contributed by atoms with Crippen molar-refractivity contribution in [1.82, 2.24) is 9.78 Å². The van der Waals surface area contributed by atoms with Crippen LogP contribution in [0.15, 0.2) is 29.2 Å². The fourth-order valence-electron chi connectivity index (χ4n) is 1.85. The van der Waals surface area contributed by atoms with Gasteiger partial charge in [-0.05, 0) is 26.0 Å². The second-order valence-corrected chi connectivity index (χ2v) is 5.34. The maximum atomic E-state index is 11.8. The maximum Gasteiger partial charge on any atom is 0.287 e. The molecule has 0 saturated heterocycles. The van der Waals surface area contributed by atoms with Crippen molar-refractivity contribution in [1.29, 1.82) is 0 Å². The molecule has 2 aromatic rings. The van der Waals surface area contributed by atoms with Crippen molar-refractivity contribution in [2.24, 2.45) is 7.05 Å². The lowest BCUT2D eigenvalue weighted by Crippen LogP contribution is -2.20. The Morgan fingerprint density at radius 1 is 1.32 bits per heavy atom. The van der Waals surface area contributed by atoms with Crippen molar-refractivity contribution >= 4 is 23.0 Å². The molecule has 7 heteroatoms. The largest absolute Gasteiger partial charge is 0.493 e. The van der Waals surface area contributed by atoms with Crippen LogP contribution in [0.3, 0.4) is 0 Å². The maximum absolute atomic E-state index is 11.8. The molecule has 1 N–H and O–H groups in total. The third-order valence-corrected chi connectivity index (χ3v) is 3.25. The number of hydrogen-bond donors (Lipinski definition) is 1. The van der Waals surface area contributed by atoms with Gasteiger partial charge >= 0.3 is 0 Å². The highest BCUT2D eigenvalue weighted by molar-refractivity contribution is 6.33. The zero-order valence-corrected chi connectivity index (χ0v) is 13.6. The van der Waals surface area contributed by atoms with Crippen molar-refractivity contribution in [3.05, 3.63) is 39.8 Å². The van der Waals surface area contributed by atoms with E-state index in [1.165, 1.54) is 10.9 Å². The number of ether oxygens (including phenoxy) is 2. The van der Waals surface area contributed by atoms with E-state index >= 15 is 0 Å². The number of aryl methyl sites for hydroxylation is 1. The van der Waals surface area contributed by atoms with Gasteiger partial charge in [-0.15, -0.1) is 0 Å². The van der Waals surface area contributed by atoms with Crippen LogP contribution in [0.5, 0.6) is 11.5 Å². The summed E-state index contributed by atoms with van der Waals surface area (Å²) >= 11 is 6.03. The van der Waals surface area contributed by atoms with E-state index in [1.807, 2.05) is 19.9 Å². The minimum atomic E-state index is -0.363. The highest BCUT2D eigenvalue weighted by Gasteiger charge is 2.11. The first-order valence-corrected chi connectivity index (χ1v) is 7.13. The number of benzene rings is 1. The van der Waals surface area contributed by atoms with E-state index in [4.69, 9.17) is 21.1 Å². The van der Waals surface area contributed by atoms with Crippen LogP contribution in [0.2, 0.25) is 5.02 Å². The second-order valence-electron chi connectivity index (χ2n) is 4.96. The molecule has 22 heavy (non-hydrogen) atoms. The first-order valence-electron chi connectivity index (χ1n) is 6.76. The number of rotatable bonds is 5. The molecule has 2 rings (SSSR count). The minimum absolute atomic E-state index is 0.0449. The third kappa shape index (κ3) is 3.51. The molecule has 1 aromatic carbocycles. The number of halogens is 1. The van der Waals surface area contributed by atoms with Gasteiger partial charge < -0.3 is 14.8 Å². The number of nitrogens with zero attached hydrogens (tertiary/aromatic N) is 2. The van der Waals surface area contributed by atoms with Gasteiger partial charge in [-0.2, -0.15) is 5.10 Å². The quantitative estimate of drug-likeness (QED) is 0.916. The van der Waals surface area contributed by atoms with Crippen molar-refractivity contribution in [3.63, 3.8) is 0 Å². The Kier molecular flexibility index (Phi) is 4.92. The van der Waals surface area contributed by atoms with Gasteiger partial charge in [-0.1, -0.05) is 11.6 Å². The molecule has 0 saturated carbocycles. The fourth-order valence-corrected chi connectivity index (χ4v) is 2.07. The van der Waals surface area contributed by atoms with Crippen molar-refractivity contribution in [3.8, 4) is 11.5 Å². The van der Waals surface area contributed by atoms with Crippen LogP contribution in [-0.4, -0.2) is 23.0 Å². The molecule has 0 radical (unpaired) electrons. The Morgan fingerprint density at radius 3 is 2.68 bits per heavy atom. The van der Waals surface area contributed by atoms with E-state index in [-0.39, 0.29) is 16.7 Å². The smallest absolute Gasteiger partial charge is 0.287 e. The van der Waals surface area contributed by atoms with Crippen LogP contribution < -0.4 is 20.3 Å². The Balaban J connectivity index is 2.31. The summed E-state index contributed by atoms with van der Waals surface area (Å²) in [6, 6.07) is 5.38. The normalized spacial score (nSPS) is 10.6. The molecule has 0 aliphatic heterocycles. The van der Waals surface area contributed by atoms with E-state index < -0.39 is 0 Å². The number of nitrogens with one attached hydrogen (secondary N) is 1. The monoisotopic (exact) mass is 323 g/mol. The second kappa shape index (κ2) is 6.70. The molecule has 118 valence electrons. The van der Waals surface area contributed by atoms with E-state index in [0.717, 1.165) is 0 Å². The van der Waals surface area contributed by atoms with Gasteiger partial charge in [0.15, 0.2) is 11.5 Å². The van der Waals surface area contributed by atoms with Crippen LogP contribution in [0.1, 0.15) is 13.8 Å². The molecule has 6 nitrogen and oxygen atoms in total. The van der Waals surface area contributed by atoms with Gasteiger partial charge in [-0.3, -0.25) is 4.79 Å². The molecule has 0 aliphatic rings. The fraction of sp³-hybridized carbons (Fsp3) is 0.333. The molecule has 0 aliphatic carbocycles. The van der Waals surface area contributed by atoms with Crippen molar-refractivity contribution in [2.75, 3.05) is 12.4 Å². The summed E-state index contributed by atoms with van der Waals surface area (Å²) < 4.78 is 12.1. The van der Waals surface area contributed by atoms with E-state index in [1.54, 1.807) is 26.3 Å². The molecule has 0 amide bonds. The first-order chi connectivity index (χ1) is 10.4. The molecule has 0 bridgehead atoms. The van der Waals surface area contributed by atoms with Crippen LogP contribution in [0, 0.1) is 0 Å². The van der Waals surface area contributed by atoms with Crippen LogP contribution in [0.4, 0.5) is 11.4 Å². The third-order valence-electron chi connectivity index (χ3n) is 2.88. The lowest BCUT2D eigenvalue weighted by Gasteiger charge is -2.15. The van der Waals surface area contributed by atoms with Crippen LogP contribution >= 0.6 is 11.6 Å². The summed E-state index contributed by atoms with van der Waals surface area (Å²) in [6.45, 7) is 3.88. The highest BCUT2D eigenvalue weighted by Crippen LogP contribution is 2.32. The molecule has 1 aromatic heterocycles. The van der Waals surface area contributed by atoms with Gasteiger partial charge in [0.1, 0.15) is 5.02 Å². The summed E-state index contributed by atoms with van der Waals surface area (Å²) in [5.74, 6) is 1.24. The summed E-state index contributed by atoms with van der Waals surface area (Å²) in [6.07, 6.45) is 1.54. The average Bonchev–Trinajstić information content (AvgIpc) is 2.48. The SMILES string of the molecule is COc1cc(Nc2cnn(C)c(=O)c2Cl)ccc1OC(C)C. The molecule has 0 unspecified atom stereocenters. The topological polar surface area (TPSA) is 65.4 Å². The van der Waals surface area contributed by atoms with Crippen molar-refractivity contribution in [2.45, 2.75) is 20.0 Å². The Labute approximate surface area is 133 Å². The lowest BCUT2D eigenvalue weighted by atomic mass is 10.2. The standard InChI is InChI=1S/C15H18ClN3O3/c1-9(2)22-12-6-5-10(7-13(12)21-4)18-11-8-17-19(3)15(20)14(11)16/h5-9,18H,1-4H3. The predicted octanol–water partition coefficient (Wildman–Crippen LogP) is 2.97. The highest BCUT2D eigenvalue weighted by atomic mass is 35.5. The zero-order valence-electron chi connectivity index (χ0n) is 12.9. The van der Waals surface area contributed by atoms with E-state index in [9.17, 15) is 4.79 Å². The van der Waals surface area contributed by atoms with Gasteiger partial charge in [0.05, 0.1) is 25.1 Å². The molecular formula is C15H18ClN3O3.